The number of nitrogens with zero attached hydrogens (tertiary/aromatic N) is 1. The van der Waals surface area contributed by atoms with E-state index < -0.39 is 21.8 Å². The lowest BCUT2D eigenvalue weighted by Gasteiger charge is -2.59. The van der Waals surface area contributed by atoms with Gasteiger partial charge in [0.25, 0.3) is 0 Å². The molecule has 1 aromatic heterocycles. The van der Waals surface area contributed by atoms with Crippen molar-refractivity contribution in [3.8, 4) is 0 Å². The number of sulfone groups is 1. The normalized spacial score (nSPS) is 25.7. The van der Waals surface area contributed by atoms with E-state index in [1.165, 1.54) is 38.3 Å². The SMILES string of the molecule is C[C@@H]1CCC2CC1C2(C)C.Cc1[nH]c(C(O)c2ccc(F)c(Cl)c2)nc1S(C)(=O)=O. The van der Waals surface area contributed by atoms with Crippen molar-refractivity contribution in [1.82, 2.24) is 9.97 Å². The summed E-state index contributed by atoms with van der Waals surface area (Å²) in [5.74, 6) is 2.61. The molecule has 0 saturated heterocycles. The Kier molecular flexibility index (Phi) is 6.38. The van der Waals surface area contributed by atoms with E-state index in [1.807, 2.05) is 0 Å². The lowest BCUT2D eigenvalue weighted by molar-refractivity contribution is -0.0988. The average molecular weight is 457 g/mol. The van der Waals surface area contributed by atoms with Crippen molar-refractivity contribution in [2.24, 2.45) is 23.2 Å². The molecule has 1 aromatic carbocycles. The summed E-state index contributed by atoms with van der Waals surface area (Å²) >= 11 is 5.64. The van der Waals surface area contributed by atoms with Crippen LogP contribution < -0.4 is 0 Å². The van der Waals surface area contributed by atoms with Gasteiger partial charge < -0.3 is 10.1 Å². The summed E-state index contributed by atoms with van der Waals surface area (Å²) in [6.07, 6.45) is 4.35. The van der Waals surface area contributed by atoms with E-state index in [4.69, 9.17) is 11.6 Å². The molecule has 2 aromatic rings. The maximum atomic E-state index is 13.1. The van der Waals surface area contributed by atoms with Gasteiger partial charge in [-0.3, -0.25) is 0 Å². The zero-order chi connectivity index (χ0) is 22.4. The van der Waals surface area contributed by atoms with Gasteiger partial charge in [0.05, 0.1) is 10.7 Å². The zero-order valence-electron chi connectivity index (χ0n) is 18.0. The van der Waals surface area contributed by atoms with Crippen LogP contribution in [-0.4, -0.2) is 29.7 Å². The van der Waals surface area contributed by atoms with Gasteiger partial charge in [0.1, 0.15) is 17.7 Å². The molecule has 166 valence electrons. The van der Waals surface area contributed by atoms with Crippen LogP contribution in [0.5, 0.6) is 0 Å². The van der Waals surface area contributed by atoms with Crippen LogP contribution in [0.4, 0.5) is 4.39 Å². The number of H-pyrrole nitrogens is 1. The van der Waals surface area contributed by atoms with Crippen LogP contribution in [0, 0.1) is 35.9 Å². The summed E-state index contributed by atoms with van der Waals surface area (Å²) in [4.78, 5) is 6.59. The van der Waals surface area contributed by atoms with Gasteiger partial charge in [0, 0.05) is 6.26 Å². The maximum absolute atomic E-state index is 13.1. The Bertz CT molecular complexity index is 1030. The first-order valence-corrected chi connectivity index (χ1v) is 12.5. The second-order valence-corrected chi connectivity index (χ2v) is 11.7. The highest BCUT2D eigenvalue weighted by atomic mass is 35.5. The number of hydrogen-bond donors (Lipinski definition) is 2. The molecular formula is C22H30ClFN2O3S. The van der Waals surface area contributed by atoms with Gasteiger partial charge in [-0.1, -0.05) is 44.9 Å². The van der Waals surface area contributed by atoms with E-state index >= 15 is 0 Å². The Morgan fingerprint density at radius 2 is 2.00 bits per heavy atom. The second kappa shape index (κ2) is 8.24. The lowest BCUT2D eigenvalue weighted by Crippen LogP contribution is -2.51. The predicted molar refractivity (Wildman–Crippen MR) is 116 cm³/mol. The van der Waals surface area contributed by atoms with Crippen molar-refractivity contribution < 1.29 is 17.9 Å². The Hall–Kier alpha value is -1.44. The van der Waals surface area contributed by atoms with Gasteiger partial charge in [0.2, 0.25) is 0 Å². The van der Waals surface area contributed by atoms with E-state index in [0.29, 0.717) is 16.7 Å². The number of rotatable bonds is 3. The number of halogens is 2. The molecule has 0 amide bonds. The molecule has 3 aliphatic carbocycles. The summed E-state index contributed by atoms with van der Waals surface area (Å²) in [7, 11) is -3.48. The third kappa shape index (κ3) is 4.43. The molecule has 2 bridgehead atoms. The van der Waals surface area contributed by atoms with Crippen LogP contribution in [0.25, 0.3) is 0 Å². The van der Waals surface area contributed by atoms with Gasteiger partial charge in [-0.25, -0.2) is 17.8 Å². The molecule has 4 atom stereocenters. The first-order valence-electron chi connectivity index (χ1n) is 10.2. The van der Waals surface area contributed by atoms with Crippen molar-refractivity contribution in [3.05, 3.63) is 46.1 Å². The molecular weight excluding hydrogens is 427 g/mol. The fourth-order valence-corrected chi connectivity index (χ4v) is 6.03. The quantitative estimate of drug-likeness (QED) is 0.675. The number of imidazole rings is 1. The number of aliphatic hydroxyl groups is 1. The molecule has 0 radical (unpaired) electrons. The average Bonchev–Trinajstić information content (AvgIpc) is 3.06. The fraction of sp³-hybridized carbons (Fsp3) is 0.591. The molecule has 3 fully saturated rings. The topological polar surface area (TPSA) is 83.0 Å². The van der Waals surface area contributed by atoms with Crippen LogP contribution in [-0.2, 0) is 9.84 Å². The number of nitrogens with one attached hydrogen (secondary N) is 1. The molecule has 3 saturated carbocycles. The highest BCUT2D eigenvalue weighted by Gasteiger charge is 2.52. The zero-order valence-corrected chi connectivity index (χ0v) is 19.6. The van der Waals surface area contributed by atoms with Crippen LogP contribution in [0.2, 0.25) is 5.02 Å². The van der Waals surface area contributed by atoms with Gasteiger partial charge in [-0.05, 0) is 60.6 Å². The Labute approximate surface area is 183 Å². The van der Waals surface area contributed by atoms with Gasteiger partial charge in [-0.2, -0.15) is 0 Å². The Morgan fingerprint density at radius 1 is 1.33 bits per heavy atom. The largest absolute Gasteiger partial charge is 0.380 e. The third-order valence-corrected chi connectivity index (χ3v) is 8.32. The standard InChI is InChI=1S/C12H12ClFN2O3S.C10H18/c1-6-12(20(2,18)19)16-11(15-6)10(17)7-3-4-9(14)8(13)5-7;1-7-4-5-8-6-9(7)10(8,2)3/h3-5,10,17H,1-2H3,(H,15,16);7-9H,4-6H2,1-3H3/t;7-,8?,9?/m.1/s1. The minimum Gasteiger partial charge on any atom is -0.380 e. The smallest absolute Gasteiger partial charge is 0.194 e. The summed E-state index contributed by atoms with van der Waals surface area (Å²) in [5, 5.41) is 9.88. The molecule has 3 aliphatic rings. The van der Waals surface area contributed by atoms with Crippen LogP contribution in [0.1, 0.15) is 63.2 Å². The molecule has 5 rings (SSSR count). The van der Waals surface area contributed by atoms with Crippen LogP contribution in [0.15, 0.2) is 23.2 Å². The summed E-state index contributed by atoms with van der Waals surface area (Å²) in [5.41, 5.74) is 1.34. The van der Waals surface area contributed by atoms with E-state index in [0.717, 1.165) is 30.1 Å². The Balaban J connectivity index is 0.000000212. The maximum Gasteiger partial charge on any atom is 0.194 e. The molecule has 30 heavy (non-hydrogen) atoms. The van der Waals surface area contributed by atoms with Crippen molar-refractivity contribution >= 4 is 21.4 Å². The van der Waals surface area contributed by atoms with Crippen LogP contribution in [0.3, 0.4) is 0 Å². The van der Waals surface area contributed by atoms with Crippen molar-refractivity contribution in [1.29, 1.82) is 0 Å². The van der Waals surface area contributed by atoms with Crippen LogP contribution >= 0.6 is 11.6 Å². The van der Waals surface area contributed by atoms with E-state index in [9.17, 15) is 17.9 Å². The second-order valence-electron chi connectivity index (χ2n) is 9.32. The minimum absolute atomic E-state index is 0.0607. The third-order valence-electron chi connectivity index (χ3n) is 6.93. The number of benzene rings is 1. The summed E-state index contributed by atoms with van der Waals surface area (Å²) in [6, 6.07) is 3.73. The number of aliphatic hydroxyl groups excluding tert-OH is 1. The minimum atomic E-state index is -3.48. The highest BCUT2D eigenvalue weighted by molar-refractivity contribution is 7.90. The number of aromatic amines is 1. The molecule has 8 heteroatoms. The number of fused-ring (bicyclic) bond motifs is 2. The first-order chi connectivity index (χ1) is 13.8. The molecule has 5 nitrogen and oxygen atoms in total. The molecule has 0 aliphatic heterocycles. The van der Waals surface area contributed by atoms with Crippen molar-refractivity contribution in [3.63, 3.8) is 0 Å². The fourth-order valence-electron chi connectivity index (χ4n) is 4.97. The van der Waals surface area contributed by atoms with Gasteiger partial charge >= 0.3 is 0 Å². The molecule has 3 unspecified atom stereocenters. The predicted octanol–water partition coefficient (Wildman–Crippen LogP) is 5.07. The van der Waals surface area contributed by atoms with E-state index in [-0.39, 0.29) is 15.9 Å². The van der Waals surface area contributed by atoms with Crippen molar-refractivity contribution in [2.45, 2.75) is 58.1 Å². The van der Waals surface area contributed by atoms with E-state index in [2.05, 4.69) is 30.7 Å². The lowest BCUT2D eigenvalue weighted by atomic mass is 9.46. The molecule has 2 N–H and O–H groups in total. The van der Waals surface area contributed by atoms with Gasteiger partial charge in [-0.15, -0.1) is 0 Å². The number of aromatic nitrogens is 2. The van der Waals surface area contributed by atoms with Gasteiger partial charge in [0.15, 0.2) is 14.9 Å². The highest BCUT2D eigenvalue weighted by Crippen LogP contribution is 2.61. The van der Waals surface area contributed by atoms with Crippen molar-refractivity contribution in [2.75, 3.05) is 6.26 Å². The first kappa shape index (κ1) is 23.2. The summed E-state index contributed by atoms with van der Waals surface area (Å²) in [6.45, 7) is 8.89. The Morgan fingerprint density at radius 3 is 2.43 bits per heavy atom. The number of aryl methyl sites for hydroxylation is 1. The van der Waals surface area contributed by atoms with E-state index in [1.54, 1.807) is 0 Å². The molecule has 1 heterocycles. The number of hydrogen-bond acceptors (Lipinski definition) is 4. The molecule has 0 spiro atoms. The summed E-state index contributed by atoms with van der Waals surface area (Å²) < 4.78 is 36.1. The monoisotopic (exact) mass is 456 g/mol.